The quantitative estimate of drug-likeness (QED) is 0.840. The Hall–Kier alpha value is -1.76. The summed E-state index contributed by atoms with van der Waals surface area (Å²) in [7, 11) is 1.74. The van der Waals surface area contributed by atoms with E-state index in [4.69, 9.17) is 0 Å². The first-order valence-electron chi connectivity index (χ1n) is 6.79. The van der Waals surface area contributed by atoms with Crippen molar-refractivity contribution in [3.8, 4) is 5.75 Å². The molecule has 0 aromatic heterocycles. The second-order valence-corrected chi connectivity index (χ2v) is 5.09. The maximum atomic E-state index is 13.8. The van der Waals surface area contributed by atoms with Crippen LogP contribution in [0.2, 0.25) is 0 Å². The van der Waals surface area contributed by atoms with E-state index in [-0.39, 0.29) is 6.04 Å². The van der Waals surface area contributed by atoms with Gasteiger partial charge in [0.2, 0.25) is 5.82 Å². The van der Waals surface area contributed by atoms with Crippen molar-refractivity contribution in [2.75, 3.05) is 20.1 Å². The highest BCUT2D eigenvalue weighted by atomic mass is 19.2. The molecule has 0 bridgehead atoms. The molecule has 7 heteroatoms. The zero-order valence-corrected chi connectivity index (χ0v) is 11.6. The Morgan fingerprint density at radius 2 is 2.10 bits per heavy atom. The van der Waals surface area contributed by atoms with Gasteiger partial charge in [0.25, 0.3) is 5.91 Å². The van der Waals surface area contributed by atoms with Gasteiger partial charge in [-0.3, -0.25) is 4.79 Å². The Bertz CT molecular complexity index is 550. The third-order valence-electron chi connectivity index (χ3n) is 3.69. The minimum absolute atomic E-state index is 0.133. The summed E-state index contributed by atoms with van der Waals surface area (Å²) >= 11 is 0. The van der Waals surface area contributed by atoms with Gasteiger partial charge in [0.15, 0.2) is 17.4 Å². The number of nitrogens with zero attached hydrogens (tertiary/aromatic N) is 1. The topological polar surface area (TPSA) is 52.6 Å². The van der Waals surface area contributed by atoms with Crippen LogP contribution in [0, 0.1) is 17.5 Å². The molecule has 0 aliphatic carbocycles. The van der Waals surface area contributed by atoms with E-state index in [9.17, 15) is 23.1 Å². The number of hydrogen-bond donors (Lipinski definition) is 2. The number of piperidine rings is 1. The van der Waals surface area contributed by atoms with Crippen LogP contribution in [0.25, 0.3) is 0 Å². The molecule has 1 saturated heterocycles. The van der Waals surface area contributed by atoms with Gasteiger partial charge >= 0.3 is 0 Å². The molecule has 1 amide bonds. The van der Waals surface area contributed by atoms with Gasteiger partial charge in [-0.25, -0.2) is 8.78 Å². The van der Waals surface area contributed by atoms with Crippen molar-refractivity contribution in [1.82, 2.24) is 10.2 Å². The molecule has 21 heavy (non-hydrogen) atoms. The maximum Gasteiger partial charge on any atom is 0.257 e. The minimum atomic E-state index is -1.69. The zero-order chi connectivity index (χ0) is 15.6. The lowest BCUT2D eigenvalue weighted by atomic mass is 10.0. The molecule has 1 unspecified atom stereocenters. The van der Waals surface area contributed by atoms with Crippen LogP contribution in [0.4, 0.5) is 13.2 Å². The van der Waals surface area contributed by atoms with Crippen LogP contribution in [0.3, 0.4) is 0 Å². The SMILES string of the molecule is CNCC1CCCCN1C(=O)c1cc(F)c(F)c(O)c1F. The van der Waals surface area contributed by atoms with Crippen molar-refractivity contribution in [2.45, 2.75) is 25.3 Å². The molecule has 0 radical (unpaired) electrons. The lowest BCUT2D eigenvalue weighted by molar-refractivity contribution is 0.0608. The molecule has 2 rings (SSSR count). The number of carbonyl (C=O) groups excluding carboxylic acids is 1. The lowest BCUT2D eigenvalue weighted by Gasteiger charge is -2.35. The second-order valence-electron chi connectivity index (χ2n) is 5.09. The van der Waals surface area contributed by atoms with Crippen LogP contribution in [-0.2, 0) is 0 Å². The maximum absolute atomic E-state index is 13.8. The first-order valence-corrected chi connectivity index (χ1v) is 6.79. The monoisotopic (exact) mass is 302 g/mol. The number of phenols is 1. The number of likely N-dealkylation sites (N-methyl/N-ethyl adjacent to an activating group) is 1. The Morgan fingerprint density at radius 1 is 1.38 bits per heavy atom. The average molecular weight is 302 g/mol. The number of hydrogen-bond acceptors (Lipinski definition) is 3. The summed E-state index contributed by atoms with van der Waals surface area (Å²) in [6.45, 7) is 0.952. The first kappa shape index (κ1) is 15.6. The first-order chi connectivity index (χ1) is 9.97. The highest BCUT2D eigenvalue weighted by molar-refractivity contribution is 5.95. The van der Waals surface area contributed by atoms with Gasteiger partial charge in [0.05, 0.1) is 5.56 Å². The predicted molar refractivity (Wildman–Crippen MR) is 70.6 cm³/mol. The largest absolute Gasteiger partial charge is 0.503 e. The van der Waals surface area contributed by atoms with E-state index in [0.29, 0.717) is 19.2 Å². The number of halogens is 3. The molecule has 1 aromatic carbocycles. The number of amides is 1. The van der Waals surface area contributed by atoms with Crippen molar-refractivity contribution in [3.63, 3.8) is 0 Å². The lowest BCUT2D eigenvalue weighted by Crippen LogP contribution is -2.48. The molecule has 4 nitrogen and oxygen atoms in total. The van der Waals surface area contributed by atoms with Gasteiger partial charge in [-0.05, 0) is 32.4 Å². The van der Waals surface area contributed by atoms with E-state index >= 15 is 0 Å². The minimum Gasteiger partial charge on any atom is -0.503 e. The molecule has 1 aliphatic rings. The molecule has 1 heterocycles. The number of aromatic hydroxyl groups is 1. The number of carbonyl (C=O) groups is 1. The van der Waals surface area contributed by atoms with Crippen molar-refractivity contribution in [3.05, 3.63) is 29.1 Å². The molecule has 116 valence electrons. The van der Waals surface area contributed by atoms with E-state index in [2.05, 4.69) is 5.32 Å². The molecule has 0 spiro atoms. The van der Waals surface area contributed by atoms with Crippen LogP contribution in [0.1, 0.15) is 29.6 Å². The normalized spacial score (nSPS) is 18.9. The molecular weight excluding hydrogens is 285 g/mol. The Balaban J connectivity index is 2.34. The Labute approximate surface area is 120 Å². The van der Waals surface area contributed by atoms with Crippen molar-refractivity contribution in [1.29, 1.82) is 0 Å². The van der Waals surface area contributed by atoms with E-state index in [1.165, 1.54) is 4.90 Å². The molecule has 1 fully saturated rings. The predicted octanol–water partition coefficient (Wildman–Crippen LogP) is 2.02. The summed E-state index contributed by atoms with van der Waals surface area (Å²) in [5.74, 6) is -6.75. The molecule has 1 atom stereocenters. The Kier molecular flexibility index (Phi) is 4.72. The fourth-order valence-electron chi connectivity index (χ4n) is 2.62. The van der Waals surface area contributed by atoms with Crippen molar-refractivity contribution >= 4 is 5.91 Å². The van der Waals surface area contributed by atoms with Crippen LogP contribution in [-0.4, -0.2) is 42.1 Å². The number of phenolic OH excluding ortho intramolecular Hbond substituents is 1. The van der Waals surface area contributed by atoms with Crippen molar-refractivity contribution < 1.29 is 23.1 Å². The fraction of sp³-hybridized carbons (Fsp3) is 0.500. The standard InChI is InChI=1S/C14H17F3N2O2/c1-18-7-8-4-2-3-5-19(8)14(21)9-6-10(15)12(17)13(20)11(9)16/h6,8,18,20H,2-5,7H2,1H3. The van der Waals surface area contributed by atoms with Gasteiger partial charge in [-0.2, -0.15) is 4.39 Å². The van der Waals surface area contributed by atoms with Gasteiger partial charge in [-0.1, -0.05) is 0 Å². The molecule has 0 saturated carbocycles. The van der Waals surface area contributed by atoms with Gasteiger partial charge in [0, 0.05) is 19.1 Å². The second kappa shape index (κ2) is 6.34. The molecular formula is C14H17F3N2O2. The fourth-order valence-corrected chi connectivity index (χ4v) is 2.62. The van der Waals surface area contributed by atoms with Crippen LogP contribution in [0.5, 0.6) is 5.75 Å². The summed E-state index contributed by atoms with van der Waals surface area (Å²) in [6.07, 6.45) is 2.47. The van der Waals surface area contributed by atoms with Gasteiger partial charge in [0.1, 0.15) is 0 Å². The highest BCUT2D eigenvalue weighted by Gasteiger charge is 2.31. The third kappa shape index (κ3) is 2.97. The van der Waals surface area contributed by atoms with Crippen LogP contribution < -0.4 is 5.32 Å². The number of rotatable bonds is 3. The summed E-state index contributed by atoms with van der Waals surface area (Å²) in [4.78, 5) is 13.8. The molecule has 1 aromatic rings. The van der Waals surface area contributed by atoms with Crippen LogP contribution >= 0.6 is 0 Å². The van der Waals surface area contributed by atoms with Crippen LogP contribution in [0.15, 0.2) is 6.07 Å². The smallest absolute Gasteiger partial charge is 0.257 e. The Morgan fingerprint density at radius 3 is 2.76 bits per heavy atom. The van der Waals surface area contributed by atoms with Crippen molar-refractivity contribution in [2.24, 2.45) is 0 Å². The average Bonchev–Trinajstić information content (AvgIpc) is 2.49. The highest BCUT2D eigenvalue weighted by Crippen LogP contribution is 2.28. The number of likely N-dealkylation sites (tertiary alicyclic amines) is 1. The summed E-state index contributed by atoms with van der Waals surface area (Å²) < 4.78 is 40.2. The zero-order valence-electron chi connectivity index (χ0n) is 11.6. The van der Waals surface area contributed by atoms with E-state index in [0.717, 1.165) is 19.3 Å². The molecule has 2 N–H and O–H groups in total. The number of nitrogens with one attached hydrogen (secondary N) is 1. The summed E-state index contributed by atoms with van der Waals surface area (Å²) in [5, 5.41) is 12.2. The number of benzene rings is 1. The van der Waals surface area contributed by atoms with Gasteiger partial charge < -0.3 is 15.3 Å². The van der Waals surface area contributed by atoms with E-state index in [1.807, 2.05) is 0 Å². The summed E-state index contributed by atoms with van der Waals surface area (Å²) in [5.41, 5.74) is -0.644. The van der Waals surface area contributed by atoms with E-state index in [1.54, 1.807) is 7.05 Å². The third-order valence-corrected chi connectivity index (χ3v) is 3.69. The molecule has 1 aliphatic heterocycles. The summed E-state index contributed by atoms with van der Waals surface area (Å²) in [6, 6.07) is 0.364. The van der Waals surface area contributed by atoms with E-state index < -0.39 is 34.7 Å². The van der Waals surface area contributed by atoms with Gasteiger partial charge in [-0.15, -0.1) is 0 Å².